The normalized spacial score (nSPS) is 14.6. The number of benzene rings is 3. The molecule has 0 saturated heterocycles. The van der Waals surface area contributed by atoms with Crippen molar-refractivity contribution in [3.8, 4) is 0 Å². The highest BCUT2D eigenvalue weighted by Gasteiger charge is 2.35. The van der Waals surface area contributed by atoms with Crippen LogP contribution in [0.15, 0.2) is 71.6 Å². The highest BCUT2D eigenvalue weighted by molar-refractivity contribution is 7.92. The minimum atomic E-state index is -4.25. The van der Waals surface area contributed by atoms with Gasteiger partial charge < -0.3 is 10.2 Å². The van der Waals surface area contributed by atoms with Crippen molar-refractivity contribution >= 4 is 62.3 Å². The van der Waals surface area contributed by atoms with Crippen LogP contribution in [-0.4, -0.2) is 43.8 Å². The summed E-state index contributed by atoms with van der Waals surface area (Å²) in [6.07, 6.45) is 5.31. The molecule has 1 atom stereocenters. The molecule has 1 fully saturated rings. The predicted molar refractivity (Wildman–Crippen MR) is 173 cm³/mol. The van der Waals surface area contributed by atoms with Gasteiger partial charge in [-0.1, -0.05) is 96.9 Å². The number of nitrogens with zero attached hydrogens (tertiary/aromatic N) is 2. The molecule has 1 aliphatic carbocycles. The molecule has 1 unspecified atom stereocenters. The van der Waals surface area contributed by atoms with E-state index in [1.165, 1.54) is 35.2 Å². The summed E-state index contributed by atoms with van der Waals surface area (Å²) in [5, 5.41) is 4.00. The number of anilines is 1. The molecule has 2 amide bonds. The van der Waals surface area contributed by atoms with Gasteiger partial charge in [0.2, 0.25) is 11.8 Å². The lowest BCUT2D eigenvalue weighted by Gasteiger charge is -2.34. The molecule has 0 heterocycles. The number of sulfonamides is 1. The van der Waals surface area contributed by atoms with Crippen LogP contribution in [-0.2, 0) is 26.2 Å². The summed E-state index contributed by atoms with van der Waals surface area (Å²) in [7, 11) is -4.25. The van der Waals surface area contributed by atoms with Gasteiger partial charge in [-0.2, -0.15) is 0 Å². The van der Waals surface area contributed by atoms with E-state index in [9.17, 15) is 18.0 Å². The fourth-order valence-electron chi connectivity index (χ4n) is 5.32. The van der Waals surface area contributed by atoms with Gasteiger partial charge in [0.05, 0.1) is 10.6 Å². The summed E-state index contributed by atoms with van der Waals surface area (Å²) in [6, 6.07) is 17.0. The third-order valence-corrected chi connectivity index (χ3v) is 10.3. The summed E-state index contributed by atoms with van der Waals surface area (Å²) in [5.41, 5.74) is 1.65. The maximum absolute atomic E-state index is 14.3. The third-order valence-electron chi connectivity index (χ3n) is 7.66. The van der Waals surface area contributed by atoms with Gasteiger partial charge in [-0.05, 0) is 68.1 Å². The van der Waals surface area contributed by atoms with Crippen molar-refractivity contribution in [3.05, 3.63) is 92.9 Å². The highest BCUT2D eigenvalue weighted by atomic mass is 35.5. The van der Waals surface area contributed by atoms with Crippen LogP contribution in [0.1, 0.15) is 56.6 Å². The molecule has 0 spiro atoms. The van der Waals surface area contributed by atoms with Crippen LogP contribution in [0.3, 0.4) is 0 Å². The first-order chi connectivity index (χ1) is 20.5. The zero-order valence-corrected chi connectivity index (χ0v) is 27.3. The van der Waals surface area contributed by atoms with E-state index in [0.717, 1.165) is 42.0 Å². The average molecular weight is 665 g/mol. The van der Waals surface area contributed by atoms with Crippen molar-refractivity contribution < 1.29 is 18.0 Å². The van der Waals surface area contributed by atoms with E-state index in [-0.39, 0.29) is 39.1 Å². The van der Waals surface area contributed by atoms with Crippen LogP contribution >= 0.6 is 34.8 Å². The van der Waals surface area contributed by atoms with Crippen LogP contribution in [0.2, 0.25) is 15.1 Å². The molecule has 1 aliphatic rings. The maximum Gasteiger partial charge on any atom is 0.264 e. The fraction of sp³-hybridized carbons (Fsp3) is 0.375. The van der Waals surface area contributed by atoms with Gasteiger partial charge in [0.25, 0.3) is 10.0 Å². The van der Waals surface area contributed by atoms with Crippen LogP contribution in [0.5, 0.6) is 0 Å². The van der Waals surface area contributed by atoms with E-state index in [4.69, 9.17) is 34.8 Å². The monoisotopic (exact) mass is 663 g/mol. The van der Waals surface area contributed by atoms with Crippen molar-refractivity contribution in [1.29, 1.82) is 0 Å². The molecule has 7 nitrogen and oxygen atoms in total. The highest BCUT2D eigenvalue weighted by Crippen LogP contribution is 2.31. The molecule has 3 aromatic carbocycles. The van der Waals surface area contributed by atoms with Crippen molar-refractivity contribution in [2.24, 2.45) is 0 Å². The minimum absolute atomic E-state index is 0.00161. The Morgan fingerprint density at radius 1 is 0.930 bits per heavy atom. The average Bonchev–Trinajstić information content (AvgIpc) is 2.96. The number of nitrogens with one attached hydrogen (secondary N) is 1. The lowest BCUT2D eigenvalue weighted by Crippen LogP contribution is -2.54. The van der Waals surface area contributed by atoms with Gasteiger partial charge in [-0.25, -0.2) is 8.42 Å². The van der Waals surface area contributed by atoms with Crippen molar-refractivity contribution in [3.63, 3.8) is 0 Å². The largest absolute Gasteiger partial charge is 0.352 e. The molecule has 3 aromatic rings. The fourth-order valence-corrected chi connectivity index (χ4v) is 7.43. The van der Waals surface area contributed by atoms with Crippen molar-refractivity contribution in [1.82, 2.24) is 10.2 Å². The van der Waals surface area contributed by atoms with E-state index < -0.39 is 28.5 Å². The van der Waals surface area contributed by atoms with Gasteiger partial charge in [0, 0.05) is 27.7 Å². The van der Waals surface area contributed by atoms with Gasteiger partial charge >= 0.3 is 0 Å². The Labute approximate surface area is 269 Å². The Balaban J connectivity index is 1.74. The van der Waals surface area contributed by atoms with E-state index in [1.807, 2.05) is 13.8 Å². The summed E-state index contributed by atoms with van der Waals surface area (Å²) >= 11 is 19.0. The number of amides is 2. The van der Waals surface area contributed by atoms with Gasteiger partial charge in [0.1, 0.15) is 12.6 Å². The zero-order chi connectivity index (χ0) is 31.1. The number of hydrogen-bond acceptors (Lipinski definition) is 4. The third kappa shape index (κ3) is 8.44. The zero-order valence-electron chi connectivity index (χ0n) is 24.2. The maximum atomic E-state index is 14.3. The van der Waals surface area contributed by atoms with Gasteiger partial charge in [-0.3, -0.25) is 13.9 Å². The van der Waals surface area contributed by atoms with E-state index in [1.54, 1.807) is 36.4 Å². The summed E-state index contributed by atoms with van der Waals surface area (Å²) in [4.78, 5) is 29.3. The van der Waals surface area contributed by atoms with E-state index in [0.29, 0.717) is 17.0 Å². The van der Waals surface area contributed by atoms with Gasteiger partial charge in [-0.15, -0.1) is 0 Å². The molecule has 1 N–H and O–H groups in total. The predicted octanol–water partition coefficient (Wildman–Crippen LogP) is 7.41. The second-order valence-electron chi connectivity index (χ2n) is 10.8. The first kappa shape index (κ1) is 33.1. The first-order valence-electron chi connectivity index (χ1n) is 14.4. The molecule has 11 heteroatoms. The van der Waals surface area contributed by atoms with Crippen molar-refractivity contribution in [2.75, 3.05) is 10.8 Å². The number of hydrogen-bond donors (Lipinski definition) is 1. The molecule has 4 rings (SSSR count). The second-order valence-corrected chi connectivity index (χ2v) is 14.0. The summed E-state index contributed by atoms with van der Waals surface area (Å²) < 4.78 is 29.1. The minimum Gasteiger partial charge on any atom is -0.352 e. The molecular formula is C32H36Cl3N3O4S. The summed E-state index contributed by atoms with van der Waals surface area (Å²) in [5.74, 6) is -0.842. The molecule has 43 heavy (non-hydrogen) atoms. The second kappa shape index (κ2) is 14.8. The number of carbonyl (C=O) groups excluding carboxylic acids is 2. The van der Waals surface area contributed by atoms with Crippen LogP contribution in [0, 0.1) is 6.92 Å². The molecule has 0 aliphatic heterocycles. The Hall–Kier alpha value is -2.78. The number of halogens is 3. The number of aryl methyl sites for hydroxylation is 1. The molecular weight excluding hydrogens is 629 g/mol. The molecule has 0 bridgehead atoms. The van der Waals surface area contributed by atoms with Gasteiger partial charge in [0.15, 0.2) is 0 Å². The lowest BCUT2D eigenvalue weighted by molar-refractivity contribution is -0.140. The van der Waals surface area contributed by atoms with Crippen molar-refractivity contribution in [2.45, 2.75) is 75.9 Å². The Morgan fingerprint density at radius 2 is 1.56 bits per heavy atom. The van der Waals surface area contributed by atoms with Crippen LogP contribution in [0.25, 0.3) is 0 Å². The summed E-state index contributed by atoms with van der Waals surface area (Å²) in [6.45, 7) is 3.11. The Morgan fingerprint density at radius 3 is 2.16 bits per heavy atom. The standard InChI is InChI=1S/C32H36Cl3N3O4S/c1-3-30(32(40)36-26-10-5-4-6-11-26)37(20-23-9-7-8-12-29(23)35)31(39)21-38(27-18-24(33)17-25(34)19-27)43(41,42)28-15-13-22(2)14-16-28/h7-9,12-19,26,30H,3-6,10-11,20-21H2,1-2H3,(H,36,40). The Bertz CT molecular complexity index is 1520. The SMILES string of the molecule is CCC(C(=O)NC1CCCCC1)N(Cc1ccccc1Cl)C(=O)CN(c1cc(Cl)cc(Cl)c1)S(=O)(=O)c1ccc(C)cc1. The van der Waals surface area contributed by atoms with E-state index in [2.05, 4.69) is 5.32 Å². The molecule has 0 radical (unpaired) electrons. The number of carbonyl (C=O) groups is 2. The lowest BCUT2D eigenvalue weighted by atomic mass is 9.95. The molecule has 1 saturated carbocycles. The number of rotatable bonds is 11. The topological polar surface area (TPSA) is 86.8 Å². The van der Waals surface area contributed by atoms with Crippen LogP contribution in [0.4, 0.5) is 5.69 Å². The Kier molecular flexibility index (Phi) is 11.4. The molecule has 230 valence electrons. The smallest absolute Gasteiger partial charge is 0.264 e. The molecule has 0 aromatic heterocycles. The van der Waals surface area contributed by atoms with E-state index >= 15 is 0 Å². The quantitative estimate of drug-likeness (QED) is 0.231. The van der Waals surface area contributed by atoms with Crippen LogP contribution < -0.4 is 9.62 Å². The first-order valence-corrected chi connectivity index (χ1v) is 17.0.